The smallest absolute Gasteiger partial charge is 0.747 e. The molecule has 0 saturated heterocycles. The van der Waals surface area contributed by atoms with E-state index < -0.39 is 44.1 Å². The number of unbranched alkanes of at least 4 members (excludes halogenated alkanes) is 10. The van der Waals surface area contributed by atoms with Crippen LogP contribution < -0.4 is 29.6 Å². The molecule has 14 heteroatoms. The third-order valence-corrected chi connectivity index (χ3v) is 5.52. The summed E-state index contributed by atoms with van der Waals surface area (Å²) < 4.78 is 75.4. The summed E-state index contributed by atoms with van der Waals surface area (Å²) in [7, 11) is -9.65. The van der Waals surface area contributed by atoms with Gasteiger partial charge in [0.2, 0.25) is 0 Å². The minimum Gasteiger partial charge on any atom is -0.747 e. The van der Waals surface area contributed by atoms with Gasteiger partial charge in [0.05, 0.1) is 19.6 Å². The molecule has 0 heterocycles. The Balaban J connectivity index is -0.00000144. The van der Waals surface area contributed by atoms with Gasteiger partial charge in [-0.2, -0.15) is 8.42 Å². The molecule has 0 aliphatic rings. The van der Waals surface area contributed by atoms with E-state index >= 15 is 0 Å². The van der Waals surface area contributed by atoms with Gasteiger partial charge in [0.25, 0.3) is 0 Å². The maximum absolute atomic E-state index is 11.9. The van der Waals surface area contributed by atoms with Crippen molar-refractivity contribution in [2.75, 3.05) is 13.2 Å². The summed E-state index contributed by atoms with van der Waals surface area (Å²) in [4.78, 5) is 23.7. The first kappa shape index (κ1) is 38.3. The normalized spacial score (nSPS) is 12.0. The fourth-order valence-electron chi connectivity index (χ4n) is 2.73. The van der Waals surface area contributed by atoms with Gasteiger partial charge in [-0.15, -0.1) is 0 Å². The van der Waals surface area contributed by atoms with Crippen molar-refractivity contribution in [3.05, 3.63) is 0 Å². The van der Waals surface area contributed by atoms with Gasteiger partial charge in [0.15, 0.2) is 5.25 Å². The number of rotatable bonds is 18. The van der Waals surface area contributed by atoms with Crippen LogP contribution in [0.25, 0.3) is 0 Å². The number of hydrogen-bond acceptors (Lipinski definition) is 9. The monoisotopic (exact) mass is 542 g/mol. The molecular formula is C20H39NaO11S2. The minimum atomic E-state index is -4.98. The van der Waals surface area contributed by atoms with Gasteiger partial charge in [-0.05, 0) is 12.8 Å². The summed E-state index contributed by atoms with van der Waals surface area (Å²) in [5, 5.41) is -2.04. The molecule has 1 atom stereocenters. The minimum absolute atomic E-state index is 0. The SMILES string of the molecule is CCCCCCCCOC(=O)CC(C(=O)OCCCCCCCC)S(=O)(=O)[O-].O=S(=O)(O)O.[Na+]. The standard InChI is InChI=1S/C20H38O7S.Na.H2O4S/c1-3-5-7-9-11-13-15-26-19(21)17-18(28(23,24)25)20(22)27-16-14-12-10-8-6-4-2;;1-5(2,3)4/h18H,3-17H2,1-2H3,(H,23,24,25);;(H2,1,2,3,4)/q;+1;/p-1. The molecule has 0 bridgehead atoms. The van der Waals surface area contributed by atoms with Gasteiger partial charge in [0, 0.05) is 0 Å². The first-order valence-electron chi connectivity index (χ1n) is 11.3. The van der Waals surface area contributed by atoms with Crippen LogP contribution in [0.2, 0.25) is 0 Å². The van der Waals surface area contributed by atoms with E-state index in [1.54, 1.807) is 0 Å². The number of carbonyl (C=O) groups is 2. The van der Waals surface area contributed by atoms with Crippen molar-refractivity contribution >= 4 is 32.5 Å². The van der Waals surface area contributed by atoms with E-state index in [0.29, 0.717) is 12.8 Å². The number of hydrogen-bond donors (Lipinski definition) is 2. The largest absolute Gasteiger partial charge is 1.00 e. The summed E-state index contributed by atoms with van der Waals surface area (Å²) in [5.41, 5.74) is 0. The number of carbonyl (C=O) groups excluding carboxylic acids is 2. The quantitative estimate of drug-likeness (QED) is 0.106. The van der Waals surface area contributed by atoms with Crippen LogP contribution in [0.1, 0.15) is 97.3 Å². The van der Waals surface area contributed by atoms with E-state index in [0.717, 1.165) is 57.8 Å². The Morgan fingerprint density at radius 1 is 0.735 bits per heavy atom. The molecule has 1 unspecified atom stereocenters. The Morgan fingerprint density at radius 3 is 1.47 bits per heavy atom. The van der Waals surface area contributed by atoms with Crippen molar-refractivity contribution in [1.82, 2.24) is 0 Å². The predicted molar refractivity (Wildman–Crippen MR) is 121 cm³/mol. The third kappa shape index (κ3) is 29.8. The maximum Gasteiger partial charge on any atom is 1.00 e. The number of ether oxygens (including phenoxy) is 2. The zero-order valence-corrected chi connectivity index (χ0v) is 24.2. The van der Waals surface area contributed by atoms with Crippen LogP contribution in [0.15, 0.2) is 0 Å². The third-order valence-electron chi connectivity index (χ3n) is 4.47. The van der Waals surface area contributed by atoms with E-state index in [4.69, 9.17) is 27.0 Å². The average molecular weight is 543 g/mol. The first-order chi connectivity index (χ1) is 15.3. The first-order valence-corrected chi connectivity index (χ1v) is 14.2. The summed E-state index contributed by atoms with van der Waals surface area (Å²) in [5.74, 6) is -2.03. The van der Waals surface area contributed by atoms with Gasteiger partial charge in [0.1, 0.15) is 10.1 Å². The Morgan fingerprint density at radius 2 is 1.09 bits per heavy atom. The maximum atomic E-state index is 11.9. The van der Waals surface area contributed by atoms with Crippen molar-refractivity contribution < 1.29 is 79.1 Å². The van der Waals surface area contributed by atoms with Crippen molar-refractivity contribution in [3.63, 3.8) is 0 Å². The van der Waals surface area contributed by atoms with Gasteiger partial charge in [-0.1, -0.05) is 78.1 Å². The zero-order valence-electron chi connectivity index (χ0n) is 20.6. The molecule has 0 saturated carbocycles. The Kier molecular flexibility index (Phi) is 26.0. The molecule has 0 aliphatic carbocycles. The van der Waals surface area contributed by atoms with Crippen LogP contribution in [0.5, 0.6) is 0 Å². The molecule has 0 rings (SSSR count). The van der Waals surface area contributed by atoms with Gasteiger partial charge in [-0.25, -0.2) is 8.42 Å². The summed E-state index contributed by atoms with van der Waals surface area (Å²) in [6.07, 6.45) is 11.2. The molecule has 0 fully saturated rings. The fourth-order valence-corrected chi connectivity index (χ4v) is 3.37. The topological polar surface area (TPSA) is 184 Å². The molecule has 0 aromatic rings. The molecule has 11 nitrogen and oxygen atoms in total. The summed E-state index contributed by atoms with van der Waals surface area (Å²) in [6.45, 7) is 4.44. The zero-order chi connectivity index (χ0) is 25.8. The Bertz CT molecular complexity index is 717. The van der Waals surface area contributed by atoms with E-state index in [1.165, 1.54) is 6.42 Å². The van der Waals surface area contributed by atoms with Crippen molar-refractivity contribution in [3.8, 4) is 0 Å². The molecule has 0 spiro atoms. The Hall–Kier alpha value is -0.280. The van der Waals surface area contributed by atoms with Crippen LogP contribution in [-0.2, 0) is 39.6 Å². The second kappa shape index (κ2) is 23.1. The molecular weight excluding hydrogens is 503 g/mol. The van der Waals surface area contributed by atoms with Gasteiger partial charge >= 0.3 is 51.9 Å². The molecule has 0 aliphatic heterocycles. The van der Waals surface area contributed by atoms with Crippen LogP contribution in [0.3, 0.4) is 0 Å². The summed E-state index contributed by atoms with van der Waals surface area (Å²) >= 11 is 0. The molecule has 0 aromatic heterocycles. The van der Waals surface area contributed by atoms with Crippen LogP contribution >= 0.6 is 0 Å². The summed E-state index contributed by atoms with van der Waals surface area (Å²) in [6, 6.07) is 0. The van der Waals surface area contributed by atoms with Gasteiger partial charge in [-0.3, -0.25) is 18.7 Å². The molecule has 2 N–H and O–H groups in total. The van der Waals surface area contributed by atoms with E-state index in [-0.39, 0.29) is 42.8 Å². The van der Waals surface area contributed by atoms with E-state index in [9.17, 15) is 22.6 Å². The molecule has 0 aromatic carbocycles. The Labute approximate surface area is 226 Å². The van der Waals surface area contributed by atoms with Crippen LogP contribution in [0, 0.1) is 0 Å². The van der Waals surface area contributed by atoms with Crippen LogP contribution in [0.4, 0.5) is 0 Å². The number of esters is 2. The second-order valence-corrected chi connectivity index (χ2v) is 10.0. The van der Waals surface area contributed by atoms with Crippen molar-refractivity contribution in [2.24, 2.45) is 0 Å². The van der Waals surface area contributed by atoms with Gasteiger partial charge < -0.3 is 14.0 Å². The molecule has 34 heavy (non-hydrogen) atoms. The van der Waals surface area contributed by atoms with Crippen molar-refractivity contribution in [2.45, 2.75) is 103 Å². The molecule has 198 valence electrons. The van der Waals surface area contributed by atoms with Crippen LogP contribution in [-0.4, -0.2) is 60.9 Å². The average Bonchev–Trinajstić information content (AvgIpc) is 2.68. The fraction of sp³-hybridized carbons (Fsp3) is 0.900. The van der Waals surface area contributed by atoms with Crippen molar-refractivity contribution in [1.29, 1.82) is 0 Å². The second-order valence-electron chi connectivity index (χ2n) is 7.56. The van der Waals surface area contributed by atoms with E-state index in [1.807, 2.05) is 0 Å². The van der Waals surface area contributed by atoms with E-state index in [2.05, 4.69) is 13.8 Å². The predicted octanol–water partition coefficient (Wildman–Crippen LogP) is 0.449. The molecule has 0 radical (unpaired) electrons. The molecule has 0 amide bonds.